The maximum absolute atomic E-state index is 12.8. The molecule has 2 aromatic rings. The Balaban J connectivity index is 1.36. The lowest BCUT2D eigenvalue weighted by Crippen LogP contribution is -2.40. The van der Waals surface area contributed by atoms with Gasteiger partial charge in [0.05, 0.1) is 18.7 Å². The Bertz CT molecular complexity index is 906. The van der Waals surface area contributed by atoms with Crippen LogP contribution in [0.3, 0.4) is 0 Å². The molecule has 0 saturated carbocycles. The first-order chi connectivity index (χ1) is 14.6. The fourth-order valence-corrected chi connectivity index (χ4v) is 4.00. The van der Waals surface area contributed by atoms with E-state index in [1.807, 2.05) is 11.0 Å². The number of hydrogen-bond donors (Lipinski definition) is 2. The Labute approximate surface area is 175 Å². The molecule has 0 aliphatic carbocycles. The minimum absolute atomic E-state index is 0.0650. The molecule has 0 spiro atoms. The summed E-state index contributed by atoms with van der Waals surface area (Å²) in [6.07, 6.45) is 5.01. The predicted octanol–water partition coefficient (Wildman–Crippen LogP) is 2.97. The van der Waals surface area contributed by atoms with Crippen LogP contribution in [0.2, 0.25) is 0 Å². The first-order valence-corrected chi connectivity index (χ1v) is 10.4. The highest BCUT2D eigenvalue weighted by molar-refractivity contribution is 6.01. The van der Waals surface area contributed by atoms with Gasteiger partial charge in [-0.1, -0.05) is 6.07 Å². The number of hydrogen-bond acceptors (Lipinski definition) is 4. The van der Waals surface area contributed by atoms with Crippen molar-refractivity contribution in [2.45, 2.75) is 32.2 Å². The van der Waals surface area contributed by atoms with Crippen molar-refractivity contribution in [1.29, 1.82) is 0 Å². The Kier molecular flexibility index (Phi) is 6.02. The monoisotopic (exact) mass is 410 g/mol. The van der Waals surface area contributed by atoms with E-state index in [-0.39, 0.29) is 36.7 Å². The van der Waals surface area contributed by atoms with Crippen molar-refractivity contribution >= 4 is 29.2 Å². The van der Waals surface area contributed by atoms with Gasteiger partial charge in [0.15, 0.2) is 0 Å². The first-order valence-electron chi connectivity index (χ1n) is 10.4. The van der Waals surface area contributed by atoms with Gasteiger partial charge in [0.1, 0.15) is 5.76 Å². The third-order valence-corrected chi connectivity index (χ3v) is 5.56. The molecule has 2 aliphatic rings. The fourth-order valence-electron chi connectivity index (χ4n) is 4.00. The minimum atomic E-state index is -0.366. The van der Waals surface area contributed by atoms with E-state index in [9.17, 15) is 14.4 Å². The van der Waals surface area contributed by atoms with E-state index >= 15 is 0 Å². The molecule has 2 fully saturated rings. The highest BCUT2D eigenvalue weighted by Crippen LogP contribution is 2.29. The number of carbonyl (C=O) groups excluding carboxylic acids is 3. The van der Waals surface area contributed by atoms with Gasteiger partial charge in [0, 0.05) is 37.4 Å². The number of furan rings is 1. The molecule has 4 rings (SSSR count). The molecule has 1 aromatic heterocycles. The lowest BCUT2D eigenvalue weighted by Gasteiger charge is -2.29. The van der Waals surface area contributed by atoms with Gasteiger partial charge in [-0.2, -0.15) is 0 Å². The number of piperidine rings is 1. The molecular formula is C22H26N4O4. The van der Waals surface area contributed by atoms with E-state index < -0.39 is 0 Å². The highest BCUT2D eigenvalue weighted by Gasteiger charge is 2.37. The molecule has 1 atom stereocenters. The summed E-state index contributed by atoms with van der Waals surface area (Å²) in [5, 5.41) is 5.48. The summed E-state index contributed by atoms with van der Waals surface area (Å²) < 4.78 is 5.19. The van der Waals surface area contributed by atoms with Crippen molar-refractivity contribution in [3.05, 3.63) is 48.4 Å². The van der Waals surface area contributed by atoms with Crippen LogP contribution in [0.15, 0.2) is 47.1 Å². The largest absolute Gasteiger partial charge is 0.467 e. The van der Waals surface area contributed by atoms with Gasteiger partial charge in [-0.3, -0.25) is 9.59 Å². The van der Waals surface area contributed by atoms with Crippen LogP contribution in [0.25, 0.3) is 0 Å². The number of amides is 4. The van der Waals surface area contributed by atoms with Gasteiger partial charge in [0.2, 0.25) is 11.8 Å². The number of nitrogens with zero attached hydrogens (tertiary/aromatic N) is 2. The van der Waals surface area contributed by atoms with Crippen LogP contribution in [-0.4, -0.2) is 42.4 Å². The molecule has 1 aromatic carbocycles. The topological polar surface area (TPSA) is 94.9 Å². The Morgan fingerprint density at radius 1 is 1.10 bits per heavy atom. The molecule has 0 bridgehead atoms. The van der Waals surface area contributed by atoms with Gasteiger partial charge in [-0.05, 0) is 49.6 Å². The number of rotatable bonds is 5. The average molecular weight is 410 g/mol. The Morgan fingerprint density at radius 3 is 2.70 bits per heavy atom. The van der Waals surface area contributed by atoms with Crippen LogP contribution in [0.1, 0.15) is 31.4 Å². The summed E-state index contributed by atoms with van der Waals surface area (Å²) in [6.45, 7) is 2.23. The molecule has 4 amide bonds. The van der Waals surface area contributed by atoms with Gasteiger partial charge in [-0.15, -0.1) is 0 Å². The molecule has 3 heterocycles. The van der Waals surface area contributed by atoms with Crippen molar-refractivity contribution in [1.82, 2.24) is 10.2 Å². The first kappa shape index (κ1) is 20.0. The molecule has 0 radical (unpaired) electrons. The maximum Gasteiger partial charge on any atom is 0.319 e. The van der Waals surface area contributed by atoms with Gasteiger partial charge in [-0.25, -0.2) is 4.79 Å². The molecule has 1 unspecified atom stereocenters. The third kappa shape index (κ3) is 4.64. The standard InChI is InChI=1S/C22H26N4O4/c27-20-12-16(21(28)25-9-2-1-3-10-25)15-26(20)18-7-4-6-17(13-18)24-22(29)23-14-19-8-5-11-30-19/h4-8,11,13,16H,1-3,9-10,12,14-15H2,(H2,23,24,29). The fraction of sp³-hybridized carbons (Fsp3) is 0.409. The van der Waals surface area contributed by atoms with E-state index in [1.165, 1.54) is 0 Å². The Hall–Kier alpha value is -3.29. The zero-order valence-electron chi connectivity index (χ0n) is 16.8. The van der Waals surface area contributed by atoms with Gasteiger partial charge < -0.3 is 24.9 Å². The van der Waals surface area contributed by atoms with Crippen LogP contribution < -0.4 is 15.5 Å². The lowest BCUT2D eigenvalue weighted by molar-refractivity contribution is -0.136. The van der Waals surface area contributed by atoms with Crippen LogP contribution in [-0.2, 0) is 16.1 Å². The summed E-state index contributed by atoms with van der Waals surface area (Å²) in [6, 6.07) is 10.3. The molecule has 2 saturated heterocycles. The van der Waals surface area contributed by atoms with Crippen molar-refractivity contribution < 1.29 is 18.8 Å². The number of carbonyl (C=O) groups is 3. The van der Waals surface area contributed by atoms with Crippen LogP contribution in [0, 0.1) is 5.92 Å². The molecule has 8 nitrogen and oxygen atoms in total. The number of likely N-dealkylation sites (tertiary alicyclic amines) is 1. The Morgan fingerprint density at radius 2 is 1.93 bits per heavy atom. The molecule has 2 aliphatic heterocycles. The summed E-state index contributed by atoms with van der Waals surface area (Å²) in [4.78, 5) is 41.0. The number of benzene rings is 1. The summed E-state index contributed by atoms with van der Waals surface area (Å²) in [5.41, 5.74) is 1.25. The van der Waals surface area contributed by atoms with Crippen LogP contribution in [0.5, 0.6) is 0 Å². The third-order valence-electron chi connectivity index (χ3n) is 5.56. The second-order valence-electron chi connectivity index (χ2n) is 7.73. The average Bonchev–Trinajstić information content (AvgIpc) is 3.42. The molecule has 158 valence electrons. The van der Waals surface area contributed by atoms with Crippen molar-refractivity contribution in [2.24, 2.45) is 5.92 Å². The smallest absolute Gasteiger partial charge is 0.319 e. The quantitative estimate of drug-likeness (QED) is 0.792. The van der Waals surface area contributed by atoms with Gasteiger partial charge in [0.25, 0.3) is 0 Å². The highest BCUT2D eigenvalue weighted by atomic mass is 16.3. The van der Waals surface area contributed by atoms with Gasteiger partial charge >= 0.3 is 6.03 Å². The predicted molar refractivity (Wildman–Crippen MR) is 112 cm³/mol. The SMILES string of the molecule is O=C(NCc1ccco1)Nc1cccc(N2CC(C(=O)N3CCCCC3)CC2=O)c1. The van der Waals surface area contributed by atoms with E-state index in [0.29, 0.717) is 23.7 Å². The van der Waals surface area contributed by atoms with Crippen molar-refractivity contribution in [2.75, 3.05) is 29.9 Å². The maximum atomic E-state index is 12.8. The number of anilines is 2. The number of urea groups is 1. The van der Waals surface area contributed by atoms with E-state index in [1.54, 1.807) is 41.5 Å². The van der Waals surface area contributed by atoms with Crippen molar-refractivity contribution in [3.63, 3.8) is 0 Å². The van der Waals surface area contributed by atoms with Crippen LogP contribution in [0.4, 0.5) is 16.2 Å². The second kappa shape index (κ2) is 9.02. The summed E-state index contributed by atoms with van der Waals surface area (Å²) in [5.74, 6) is 0.372. The summed E-state index contributed by atoms with van der Waals surface area (Å²) >= 11 is 0. The van der Waals surface area contributed by atoms with Crippen molar-refractivity contribution in [3.8, 4) is 0 Å². The molecular weight excluding hydrogens is 384 g/mol. The van der Waals surface area contributed by atoms with E-state index in [0.717, 1.165) is 32.4 Å². The van der Waals surface area contributed by atoms with E-state index in [4.69, 9.17) is 4.42 Å². The zero-order chi connectivity index (χ0) is 20.9. The molecule has 2 N–H and O–H groups in total. The summed E-state index contributed by atoms with van der Waals surface area (Å²) in [7, 11) is 0. The minimum Gasteiger partial charge on any atom is -0.467 e. The zero-order valence-corrected chi connectivity index (χ0v) is 16.8. The van der Waals surface area contributed by atoms with E-state index in [2.05, 4.69) is 10.6 Å². The molecule has 30 heavy (non-hydrogen) atoms. The molecule has 8 heteroatoms. The lowest BCUT2D eigenvalue weighted by atomic mass is 10.0. The van der Waals surface area contributed by atoms with Crippen LogP contribution >= 0.6 is 0 Å². The normalized spacial score (nSPS) is 19.1. The number of nitrogens with one attached hydrogen (secondary N) is 2. The second-order valence-corrected chi connectivity index (χ2v) is 7.73.